The topological polar surface area (TPSA) is 49.4 Å². The van der Waals surface area contributed by atoms with Crippen LogP contribution in [0.3, 0.4) is 0 Å². The molecule has 2 heterocycles. The summed E-state index contributed by atoms with van der Waals surface area (Å²) in [4.78, 5) is 2.76. The lowest BCUT2D eigenvalue weighted by molar-refractivity contribution is 0.384. The first-order chi connectivity index (χ1) is 9.07. The molecule has 0 saturated carbocycles. The molecule has 1 N–H and O–H groups in total. The second-order valence-electron chi connectivity index (χ2n) is 5.56. The number of rotatable bonds is 2. The second kappa shape index (κ2) is 4.80. The van der Waals surface area contributed by atoms with Gasteiger partial charge in [0, 0.05) is 31.9 Å². The van der Waals surface area contributed by atoms with Crippen LogP contribution < -0.4 is 10.2 Å². The lowest BCUT2D eigenvalue weighted by Gasteiger charge is -2.39. The zero-order chi connectivity index (χ0) is 13.5. The van der Waals surface area contributed by atoms with Crippen LogP contribution in [0.1, 0.15) is 12.8 Å². The van der Waals surface area contributed by atoms with Gasteiger partial charge in [0.25, 0.3) is 0 Å². The van der Waals surface area contributed by atoms with E-state index in [2.05, 4.69) is 10.2 Å². The summed E-state index contributed by atoms with van der Waals surface area (Å²) in [5.74, 6) is 0.654. The molecule has 0 aliphatic carbocycles. The van der Waals surface area contributed by atoms with Crippen LogP contribution in [-0.4, -0.2) is 40.3 Å². The molecule has 4 nitrogen and oxygen atoms in total. The van der Waals surface area contributed by atoms with Crippen molar-refractivity contribution in [1.82, 2.24) is 5.32 Å². The monoisotopic (exact) mass is 280 g/mol. The average molecular weight is 280 g/mol. The van der Waals surface area contributed by atoms with Crippen LogP contribution >= 0.6 is 0 Å². The maximum atomic E-state index is 11.9. The van der Waals surface area contributed by atoms with Gasteiger partial charge in [-0.2, -0.15) is 0 Å². The zero-order valence-electron chi connectivity index (χ0n) is 11.2. The molecular formula is C14H20N2O2S. The molecule has 1 aromatic carbocycles. The summed E-state index contributed by atoms with van der Waals surface area (Å²) >= 11 is 0. The van der Waals surface area contributed by atoms with Crippen molar-refractivity contribution in [3.63, 3.8) is 0 Å². The van der Waals surface area contributed by atoms with Gasteiger partial charge in [0.15, 0.2) is 9.84 Å². The van der Waals surface area contributed by atoms with Gasteiger partial charge < -0.3 is 10.2 Å². The third kappa shape index (κ3) is 2.37. The summed E-state index contributed by atoms with van der Waals surface area (Å²) in [6.07, 6.45) is 3.68. The molecular weight excluding hydrogens is 260 g/mol. The van der Waals surface area contributed by atoms with Crippen LogP contribution in [0.15, 0.2) is 29.2 Å². The number of hydrogen-bond acceptors (Lipinski definition) is 4. The second-order valence-corrected chi connectivity index (χ2v) is 7.55. The molecule has 2 atom stereocenters. The normalized spacial score (nSPS) is 27.3. The van der Waals surface area contributed by atoms with Gasteiger partial charge in [0.1, 0.15) is 0 Å². The molecule has 2 unspecified atom stereocenters. The summed E-state index contributed by atoms with van der Waals surface area (Å²) in [5.41, 5.74) is 0.878. The Morgan fingerprint density at radius 1 is 1.26 bits per heavy atom. The fourth-order valence-electron chi connectivity index (χ4n) is 3.38. The van der Waals surface area contributed by atoms with Crippen molar-refractivity contribution in [1.29, 1.82) is 0 Å². The summed E-state index contributed by atoms with van der Waals surface area (Å²) in [6, 6.07) is 7.83. The molecule has 2 saturated heterocycles. The number of para-hydroxylation sites is 1. The molecule has 2 aliphatic heterocycles. The number of fused-ring (bicyclic) bond motifs is 1. The van der Waals surface area contributed by atoms with Crippen LogP contribution in [0.2, 0.25) is 0 Å². The fraction of sp³-hybridized carbons (Fsp3) is 0.571. The molecule has 0 spiro atoms. The lowest BCUT2D eigenvalue weighted by atomic mass is 9.91. The minimum atomic E-state index is -3.17. The van der Waals surface area contributed by atoms with Crippen molar-refractivity contribution in [2.45, 2.75) is 23.8 Å². The van der Waals surface area contributed by atoms with Crippen LogP contribution in [0.25, 0.3) is 0 Å². The highest BCUT2D eigenvalue weighted by molar-refractivity contribution is 7.90. The Morgan fingerprint density at radius 3 is 2.84 bits per heavy atom. The standard InChI is InChI=1S/C14H20N2O2S/c1-19(17,18)14-7-3-2-6-12(14)16-8-4-5-11-9-15-10-13(11)16/h2-3,6-7,11,13,15H,4-5,8-10H2,1H3. The van der Waals surface area contributed by atoms with Crippen LogP contribution in [0.4, 0.5) is 5.69 Å². The predicted molar refractivity (Wildman–Crippen MR) is 76.3 cm³/mol. The van der Waals surface area contributed by atoms with Gasteiger partial charge in [-0.05, 0) is 30.9 Å². The van der Waals surface area contributed by atoms with Gasteiger partial charge in [0.2, 0.25) is 0 Å². The quantitative estimate of drug-likeness (QED) is 0.886. The van der Waals surface area contributed by atoms with Crippen LogP contribution in [0, 0.1) is 5.92 Å². The summed E-state index contributed by atoms with van der Waals surface area (Å²) in [5, 5.41) is 3.43. The largest absolute Gasteiger partial charge is 0.366 e. The van der Waals surface area contributed by atoms with Gasteiger partial charge in [-0.3, -0.25) is 0 Å². The number of benzene rings is 1. The Morgan fingerprint density at radius 2 is 2.05 bits per heavy atom. The summed E-state index contributed by atoms with van der Waals surface area (Å²) in [7, 11) is -3.17. The van der Waals surface area contributed by atoms with E-state index >= 15 is 0 Å². The van der Waals surface area contributed by atoms with E-state index in [0.717, 1.165) is 31.7 Å². The minimum Gasteiger partial charge on any atom is -0.366 e. The molecule has 2 fully saturated rings. The highest BCUT2D eigenvalue weighted by Crippen LogP contribution is 2.34. The van der Waals surface area contributed by atoms with Crippen molar-refractivity contribution < 1.29 is 8.42 Å². The fourth-order valence-corrected chi connectivity index (χ4v) is 4.27. The number of hydrogen-bond donors (Lipinski definition) is 1. The van der Waals surface area contributed by atoms with Gasteiger partial charge >= 0.3 is 0 Å². The Balaban J connectivity index is 2.02. The number of nitrogens with zero attached hydrogens (tertiary/aromatic N) is 1. The number of sulfone groups is 1. The number of piperidine rings is 1. The molecule has 0 amide bonds. The predicted octanol–water partition coefficient (Wildman–Crippen LogP) is 1.28. The van der Waals surface area contributed by atoms with E-state index in [4.69, 9.17) is 0 Å². The van der Waals surface area contributed by atoms with E-state index in [1.165, 1.54) is 12.7 Å². The van der Waals surface area contributed by atoms with Crippen molar-refractivity contribution in [2.24, 2.45) is 5.92 Å². The molecule has 0 radical (unpaired) electrons. The van der Waals surface area contributed by atoms with Gasteiger partial charge in [0.05, 0.1) is 10.6 Å². The average Bonchev–Trinajstić information content (AvgIpc) is 2.85. The maximum absolute atomic E-state index is 11.9. The molecule has 19 heavy (non-hydrogen) atoms. The Hall–Kier alpha value is -1.07. The van der Waals surface area contributed by atoms with E-state index in [-0.39, 0.29) is 0 Å². The van der Waals surface area contributed by atoms with E-state index in [0.29, 0.717) is 16.9 Å². The van der Waals surface area contributed by atoms with Crippen LogP contribution in [0.5, 0.6) is 0 Å². The van der Waals surface area contributed by atoms with Crippen molar-refractivity contribution >= 4 is 15.5 Å². The van der Waals surface area contributed by atoms with Crippen LogP contribution in [-0.2, 0) is 9.84 Å². The third-order valence-corrected chi connectivity index (χ3v) is 5.40. The van der Waals surface area contributed by atoms with E-state index in [9.17, 15) is 8.42 Å². The smallest absolute Gasteiger partial charge is 0.177 e. The highest BCUT2D eigenvalue weighted by atomic mass is 32.2. The van der Waals surface area contributed by atoms with Gasteiger partial charge in [-0.25, -0.2) is 8.42 Å². The Labute approximate surface area is 114 Å². The first-order valence-electron chi connectivity index (χ1n) is 6.84. The van der Waals surface area contributed by atoms with Crippen molar-refractivity contribution in [3.8, 4) is 0 Å². The first kappa shape index (κ1) is 12.9. The third-order valence-electron chi connectivity index (χ3n) is 4.25. The van der Waals surface area contributed by atoms with Crippen molar-refractivity contribution in [3.05, 3.63) is 24.3 Å². The van der Waals surface area contributed by atoms with Gasteiger partial charge in [-0.1, -0.05) is 12.1 Å². The molecule has 104 valence electrons. The minimum absolute atomic E-state index is 0.441. The molecule has 0 bridgehead atoms. The summed E-state index contributed by atoms with van der Waals surface area (Å²) < 4.78 is 23.9. The Bertz CT molecular complexity index is 571. The zero-order valence-corrected chi connectivity index (χ0v) is 12.0. The van der Waals surface area contributed by atoms with E-state index < -0.39 is 9.84 Å². The molecule has 3 rings (SSSR count). The van der Waals surface area contributed by atoms with E-state index in [1.807, 2.05) is 12.1 Å². The van der Waals surface area contributed by atoms with Gasteiger partial charge in [-0.15, -0.1) is 0 Å². The Kier molecular flexibility index (Phi) is 3.27. The highest BCUT2D eigenvalue weighted by Gasteiger charge is 2.36. The molecule has 0 aromatic heterocycles. The van der Waals surface area contributed by atoms with E-state index in [1.54, 1.807) is 12.1 Å². The number of nitrogens with one attached hydrogen (secondary N) is 1. The molecule has 5 heteroatoms. The molecule has 1 aromatic rings. The molecule has 2 aliphatic rings. The lowest BCUT2D eigenvalue weighted by Crippen LogP contribution is -2.45. The maximum Gasteiger partial charge on any atom is 0.177 e. The summed E-state index contributed by atoms with van der Waals surface area (Å²) in [6.45, 7) is 2.97. The first-order valence-corrected chi connectivity index (χ1v) is 8.73. The van der Waals surface area contributed by atoms with Crippen molar-refractivity contribution in [2.75, 3.05) is 30.8 Å². The SMILES string of the molecule is CS(=O)(=O)c1ccccc1N1CCCC2CNCC21. The number of anilines is 1.